The molecular formula is C17H16N4OS. The van der Waals surface area contributed by atoms with E-state index in [1.807, 2.05) is 44.2 Å². The van der Waals surface area contributed by atoms with Gasteiger partial charge in [-0.05, 0) is 43.2 Å². The quantitative estimate of drug-likeness (QED) is 0.575. The Morgan fingerprint density at radius 3 is 2.65 bits per heavy atom. The highest BCUT2D eigenvalue weighted by Gasteiger charge is 2.11. The fraction of sp³-hybridized carbons (Fsp3) is 0.176. The van der Waals surface area contributed by atoms with Crippen LogP contribution in [0.2, 0.25) is 0 Å². The van der Waals surface area contributed by atoms with Crippen molar-refractivity contribution in [3.8, 4) is 11.4 Å². The average Bonchev–Trinajstić information content (AvgIpc) is 3.05. The molecule has 0 radical (unpaired) electrons. The summed E-state index contributed by atoms with van der Waals surface area (Å²) in [6.07, 6.45) is 3.40. The minimum atomic E-state index is 0.0772. The lowest BCUT2D eigenvalue weighted by Crippen LogP contribution is -2.03. The smallest absolute Gasteiger partial charge is 0.209 e. The topological polar surface area (TPSA) is 71.5 Å². The summed E-state index contributed by atoms with van der Waals surface area (Å²) in [6.45, 7) is 4.04. The van der Waals surface area contributed by atoms with Crippen molar-refractivity contribution < 1.29 is 4.79 Å². The van der Waals surface area contributed by atoms with Gasteiger partial charge >= 0.3 is 0 Å². The lowest BCUT2D eigenvalue weighted by atomic mass is 10.0. The molecule has 0 aliphatic carbocycles. The average molecular weight is 324 g/mol. The third-order valence-electron chi connectivity index (χ3n) is 3.58. The van der Waals surface area contributed by atoms with E-state index in [1.165, 1.54) is 17.3 Å². The van der Waals surface area contributed by atoms with Crippen molar-refractivity contribution in [3.05, 3.63) is 59.4 Å². The van der Waals surface area contributed by atoms with Crippen molar-refractivity contribution in [2.75, 3.05) is 5.75 Å². The van der Waals surface area contributed by atoms with Gasteiger partial charge in [0.2, 0.25) is 5.16 Å². The van der Waals surface area contributed by atoms with Crippen molar-refractivity contribution >= 4 is 17.5 Å². The van der Waals surface area contributed by atoms with Gasteiger partial charge in [-0.15, -0.1) is 5.10 Å². The van der Waals surface area contributed by atoms with Gasteiger partial charge in [0, 0.05) is 23.5 Å². The highest BCUT2D eigenvalue weighted by atomic mass is 32.2. The molecule has 1 aromatic carbocycles. The van der Waals surface area contributed by atoms with Gasteiger partial charge in [-0.3, -0.25) is 14.9 Å². The molecule has 0 bridgehead atoms. The molecule has 0 saturated heterocycles. The first-order valence-corrected chi connectivity index (χ1v) is 8.18. The van der Waals surface area contributed by atoms with Gasteiger partial charge in [0.05, 0.1) is 5.75 Å². The van der Waals surface area contributed by atoms with Crippen molar-refractivity contribution in [1.29, 1.82) is 0 Å². The Balaban J connectivity index is 1.65. The fourth-order valence-electron chi connectivity index (χ4n) is 2.08. The standard InChI is InChI=1S/C17H16N4OS/c1-11-3-4-14(9-12(11)2)15(22)10-23-17-19-16(20-21-17)13-5-7-18-8-6-13/h3-9H,10H2,1-2H3,(H,19,20,21). The Hall–Kier alpha value is -2.47. The summed E-state index contributed by atoms with van der Waals surface area (Å²) in [5.41, 5.74) is 3.95. The molecule has 0 aliphatic rings. The first-order chi connectivity index (χ1) is 11.1. The predicted molar refractivity (Wildman–Crippen MR) is 90.6 cm³/mol. The number of hydrogen-bond donors (Lipinski definition) is 1. The number of carbonyl (C=O) groups excluding carboxylic acids is 1. The summed E-state index contributed by atoms with van der Waals surface area (Å²) < 4.78 is 0. The monoisotopic (exact) mass is 324 g/mol. The maximum absolute atomic E-state index is 12.3. The summed E-state index contributed by atoms with van der Waals surface area (Å²) in [6, 6.07) is 9.48. The number of rotatable bonds is 5. The molecule has 3 rings (SSSR count). The molecule has 0 aliphatic heterocycles. The molecule has 0 saturated carbocycles. The van der Waals surface area contributed by atoms with Gasteiger partial charge in [0.1, 0.15) is 0 Å². The molecule has 2 aromatic heterocycles. The highest BCUT2D eigenvalue weighted by molar-refractivity contribution is 7.99. The lowest BCUT2D eigenvalue weighted by Gasteiger charge is -2.03. The van der Waals surface area contributed by atoms with Gasteiger partial charge in [0.25, 0.3) is 0 Å². The molecule has 0 spiro atoms. The normalized spacial score (nSPS) is 10.7. The van der Waals surface area contributed by atoms with E-state index in [0.29, 0.717) is 16.7 Å². The van der Waals surface area contributed by atoms with E-state index in [9.17, 15) is 4.79 Å². The molecule has 0 fully saturated rings. The zero-order valence-electron chi connectivity index (χ0n) is 12.9. The number of H-pyrrole nitrogens is 1. The van der Waals surface area contributed by atoms with E-state index in [0.717, 1.165) is 16.7 Å². The molecule has 3 aromatic rings. The van der Waals surface area contributed by atoms with Gasteiger partial charge in [0.15, 0.2) is 11.6 Å². The molecule has 0 amide bonds. The molecule has 23 heavy (non-hydrogen) atoms. The SMILES string of the molecule is Cc1ccc(C(=O)CSc2n[nH]c(-c3ccncc3)n2)cc1C. The molecule has 5 nitrogen and oxygen atoms in total. The number of aromatic amines is 1. The van der Waals surface area contributed by atoms with Crippen molar-refractivity contribution in [2.45, 2.75) is 19.0 Å². The van der Waals surface area contributed by atoms with Crippen LogP contribution in [-0.2, 0) is 0 Å². The molecule has 1 N–H and O–H groups in total. The van der Waals surface area contributed by atoms with Crippen molar-refractivity contribution in [2.24, 2.45) is 0 Å². The van der Waals surface area contributed by atoms with E-state index in [2.05, 4.69) is 20.2 Å². The first-order valence-electron chi connectivity index (χ1n) is 7.19. The maximum atomic E-state index is 12.3. The van der Waals surface area contributed by atoms with E-state index in [1.54, 1.807) is 12.4 Å². The number of hydrogen-bond acceptors (Lipinski definition) is 5. The van der Waals surface area contributed by atoms with Crippen molar-refractivity contribution in [3.63, 3.8) is 0 Å². The predicted octanol–water partition coefficient (Wildman–Crippen LogP) is 3.46. The van der Waals surface area contributed by atoms with Crippen LogP contribution in [0, 0.1) is 13.8 Å². The second kappa shape index (κ2) is 6.75. The number of thioether (sulfide) groups is 1. The molecule has 6 heteroatoms. The highest BCUT2D eigenvalue weighted by Crippen LogP contribution is 2.20. The van der Waals surface area contributed by atoms with Crippen LogP contribution in [0.4, 0.5) is 0 Å². The van der Waals surface area contributed by atoms with Crippen molar-refractivity contribution in [1.82, 2.24) is 20.2 Å². The van der Waals surface area contributed by atoms with Gasteiger partial charge < -0.3 is 0 Å². The number of ketones is 1. The van der Waals surface area contributed by atoms with Crippen LogP contribution in [0.3, 0.4) is 0 Å². The Bertz CT molecular complexity index is 830. The van der Waals surface area contributed by atoms with Gasteiger partial charge in [-0.1, -0.05) is 23.9 Å². The molecule has 2 heterocycles. The minimum absolute atomic E-state index is 0.0772. The maximum Gasteiger partial charge on any atom is 0.209 e. The summed E-state index contributed by atoms with van der Waals surface area (Å²) in [7, 11) is 0. The van der Waals surface area contributed by atoms with Crippen LogP contribution in [0.5, 0.6) is 0 Å². The summed E-state index contributed by atoms with van der Waals surface area (Å²) >= 11 is 1.33. The van der Waals surface area contributed by atoms with Crippen LogP contribution in [0.1, 0.15) is 21.5 Å². The number of aryl methyl sites for hydroxylation is 2. The Kier molecular flexibility index (Phi) is 4.52. The zero-order chi connectivity index (χ0) is 16.2. The summed E-state index contributed by atoms with van der Waals surface area (Å²) in [5.74, 6) is 1.07. The fourth-order valence-corrected chi connectivity index (χ4v) is 2.77. The number of nitrogens with one attached hydrogen (secondary N) is 1. The van der Waals surface area contributed by atoms with Crippen LogP contribution >= 0.6 is 11.8 Å². The van der Waals surface area contributed by atoms with E-state index < -0.39 is 0 Å². The number of pyridine rings is 1. The first kappa shape index (κ1) is 15.4. The molecular weight excluding hydrogens is 308 g/mol. The number of benzene rings is 1. The van der Waals surface area contributed by atoms with Crippen LogP contribution in [-0.4, -0.2) is 31.7 Å². The third-order valence-corrected chi connectivity index (χ3v) is 4.43. The second-order valence-electron chi connectivity index (χ2n) is 5.21. The van der Waals surface area contributed by atoms with Crippen LogP contribution in [0.15, 0.2) is 47.9 Å². The lowest BCUT2D eigenvalue weighted by molar-refractivity contribution is 0.102. The number of Topliss-reactive ketones (excluding diaryl/α,β-unsaturated/α-hetero) is 1. The van der Waals surface area contributed by atoms with Gasteiger partial charge in [-0.25, -0.2) is 4.98 Å². The van der Waals surface area contributed by atoms with E-state index in [-0.39, 0.29) is 5.78 Å². The van der Waals surface area contributed by atoms with Gasteiger partial charge in [-0.2, -0.15) is 0 Å². The molecule has 0 atom stereocenters. The third kappa shape index (κ3) is 3.65. The molecule has 0 unspecified atom stereocenters. The van der Waals surface area contributed by atoms with Crippen LogP contribution < -0.4 is 0 Å². The molecule has 116 valence electrons. The number of aromatic nitrogens is 4. The Labute approximate surface area is 138 Å². The number of carbonyl (C=O) groups is 1. The largest absolute Gasteiger partial charge is 0.293 e. The van der Waals surface area contributed by atoms with E-state index >= 15 is 0 Å². The Morgan fingerprint density at radius 2 is 1.91 bits per heavy atom. The van der Waals surface area contributed by atoms with E-state index in [4.69, 9.17) is 0 Å². The minimum Gasteiger partial charge on any atom is -0.293 e. The summed E-state index contributed by atoms with van der Waals surface area (Å²) in [5, 5.41) is 7.59. The Morgan fingerprint density at radius 1 is 1.13 bits per heavy atom. The summed E-state index contributed by atoms with van der Waals surface area (Å²) in [4.78, 5) is 20.6. The van der Waals surface area contributed by atoms with Crippen LogP contribution in [0.25, 0.3) is 11.4 Å². The second-order valence-corrected chi connectivity index (χ2v) is 6.16. The number of nitrogens with zero attached hydrogens (tertiary/aromatic N) is 3. The zero-order valence-corrected chi connectivity index (χ0v) is 13.7.